The fourth-order valence-electron chi connectivity index (χ4n) is 1.98. The van der Waals surface area contributed by atoms with Gasteiger partial charge in [0.25, 0.3) is 0 Å². The summed E-state index contributed by atoms with van der Waals surface area (Å²) in [6.45, 7) is 5.35. The van der Waals surface area contributed by atoms with Crippen molar-refractivity contribution in [2.24, 2.45) is 5.73 Å². The molecule has 3 N–H and O–H groups in total. The molecule has 0 atom stereocenters. The highest BCUT2D eigenvalue weighted by atomic mass is 32.2. The maximum Gasteiger partial charge on any atom is 0.240 e. The van der Waals surface area contributed by atoms with E-state index in [2.05, 4.69) is 4.72 Å². The molecule has 0 bridgehead atoms. The third-order valence-electron chi connectivity index (χ3n) is 3.28. The number of aryl methyl sites for hydroxylation is 1. The summed E-state index contributed by atoms with van der Waals surface area (Å²) < 4.78 is 27.4. The molecule has 0 aromatic heterocycles. The molecule has 0 saturated heterocycles. The minimum Gasteiger partial charge on any atom is -0.326 e. The van der Waals surface area contributed by atoms with Crippen LogP contribution < -0.4 is 10.5 Å². The van der Waals surface area contributed by atoms with Crippen LogP contribution in [0.4, 0.5) is 0 Å². The van der Waals surface area contributed by atoms with Gasteiger partial charge in [-0.05, 0) is 63.7 Å². The van der Waals surface area contributed by atoms with Gasteiger partial charge < -0.3 is 10.6 Å². The molecule has 0 spiro atoms. The second-order valence-electron chi connectivity index (χ2n) is 5.29. The molecule has 114 valence electrons. The summed E-state index contributed by atoms with van der Waals surface area (Å²) in [7, 11) is 0.462. The van der Waals surface area contributed by atoms with Gasteiger partial charge in [0.15, 0.2) is 0 Å². The first-order valence-corrected chi connectivity index (χ1v) is 8.21. The third-order valence-corrected chi connectivity index (χ3v) is 4.87. The summed E-state index contributed by atoms with van der Waals surface area (Å²) in [6.07, 6.45) is 0.779. The van der Waals surface area contributed by atoms with Crippen LogP contribution in [0, 0.1) is 13.8 Å². The van der Waals surface area contributed by atoms with Crippen molar-refractivity contribution in [3.8, 4) is 0 Å². The lowest BCUT2D eigenvalue weighted by Crippen LogP contribution is -2.28. The maximum atomic E-state index is 12.4. The molecular formula is C14H25N3O2S. The zero-order valence-corrected chi connectivity index (χ0v) is 13.5. The summed E-state index contributed by atoms with van der Waals surface area (Å²) in [4.78, 5) is 2.36. The lowest BCUT2D eigenvalue weighted by Gasteiger charge is -2.14. The zero-order chi connectivity index (χ0) is 15.3. The molecule has 1 rings (SSSR count). The predicted molar refractivity (Wildman–Crippen MR) is 82.2 cm³/mol. The summed E-state index contributed by atoms with van der Waals surface area (Å²) in [5.41, 5.74) is 8.18. The van der Waals surface area contributed by atoms with E-state index in [9.17, 15) is 8.42 Å². The number of hydrogen-bond donors (Lipinski definition) is 2. The molecule has 0 radical (unpaired) electrons. The van der Waals surface area contributed by atoms with Gasteiger partial charge in [-0.25, -0.2) is 13.1 Å². The highest BCUT2D eigenvalue weighted by Gasteiger charge is 2.18. The quantitative estimate of drug-likeness (QED) is 0.736. The average molecular weight is 299 g/mol. The van der Waals surface area contributed by atoms with E-state index in [1.807, 2.05) is 38.9 Å². The van der Waals surface area contributed by atoms with Crippen molar-refractivity contribution < 1.29 is 8.42 Å². The third kappa shape index (κ3) is 4.56. The average Bonchev–Trinajstić information content (AvgIpc) is 2.37. The number of sulfonamides is 1. The highest BCUT2D eigenvalue weighted by Crippen LogP contribution is 2.20. The molecule has 1 aromatic rings. The molecule has 0 amide bonds. The van der Waals surface area contributed by atoms with Crippen LogP contribution in [0.25, 0.3) is 0 Å². The van der Waals surface area contributed by atoms with Gasteiger partial charge >= 0.3 is 0 Å². The highest BCUT2D eigenvalue weighted by molar-refractivity contribution is 7.89. The Hall–Kier alpha value is -0.950. The maximum absolute atomic E-state index is 12.4. The van der Waals surface area contributed by atoms with E-state index >= 15 is 0 Å². The van der Waals surface area contributed by atoms with E-state index in [4.69, 9.17) is 5.73 Å². The Morgan fingerprint density at radius 2 is 1.90 bits per heavy atom. The van der Waals surface area contributed by atoms with Crippen molar-refractivity contribution in [2.45, 2.75) is 31.7 Å². The topological polar surface area (TPSA) is 75.4 Å². The molecule has 1 aromatic carbocycles. The second kappa shape index (κ2) is 7.17. The van der Waals surface area contributed by atoms with E-state index in [-0.39, 0.29) is 0 Å². The van der Waals surface area contributed by atoms with Crippen LogP contribution in [-0.4, -0.2) is 40.5 Å². The van der Waals surface area contributed by atoms with E-state index < -0.39 is 10.0 Å². The van der Waals surface area contributed by atoms with Gasteiger partial charge in [-0.2, -0.15) is 0 Å². The Balaban J connectivity index is 2.89. The molecule has 0 unspecified atom stereocenters. The molecule has 0 aliphatic carbocycles. The summed E-state index contributed by atoms with van der Waals surface area (Å²) in [6, 6.07) is 3.59. The Bertz CT molecular complexity index is 554. The van der Waals surface area contributed by atoms with Crippen molar-refractivity contribution >= 4 is 10.0 Å². The van der Waals surface area contributed by atoms with Crippen molar-refractivity contribution in [1.29, 1.82) is 0 Å². The van der Waals surface area contributed by atoms with Crippen LogP contribution in [-0.2, 0) is 16.6 Å². The number of benzene rings is 1. The minimum atomic E-state index is -3.47. The van der Waals surface area contributed by atoms with Gasteiger partial charge in [-0.3, -0.25) is 0 Å². The molecule has 0 heterocycles. The van der Waals surface area contributed by atoms with Crippen LogP contribution in [0.15, 0.2) is 17.0 Å². The molecular weight excluding hydrogens is 274 g/mol. The summed E-state index contributed by atoms with van der Waals surface area (Å²) >= 11 is 0. The summed E-state index contributed by atoms with van der Waals surface area (Å²) in [5.74, 6) is 0. The van der Waals surface area contributed by atoms with Gasteiger partial charge in [0.05, 0.1) is 4.90 Å². The first-order valence-electron chi connectivity index (χ1n) is 6.72. The van der Waals surface area contributed by atoms with Crippen molar-refractivity contribution in [2.75, 3.05) is 27.2 Å². The predicted octanol–water partition coefficient (Wildman–Crippen LogP) is 0.992. The first kappa shape index (κ1) is 17.1. The Morgan fingerprint density at radius 1 is 1.25 bits per heavy atom. The summed E-state index contributed by atoms with van der Waals surface area (Å²) in [5, 5.41) is 0. The largest absolute Gasteiger partial charge is 0.326 e. The van der Waals surface area contributed by atoms with Crippen molar-refractivity contribution in [3.63, 3.8) is 0 Å². The number of rotatable bonds is 7. The lowest BCUT2D eigenvalue weighted by molar-refractivity contribution is 0.400. The number of nitrogens with one attached hydrogen (secondary N) is 1. The zero-order valence-electron chi connectivity index (χ0n) is 12.7. The van der Waals surface area contributed by atoms with Gasteiger partial charge in [-0.15, -0.1) is 0 Å². The Kier molecular flexibility index (Phi) is 6.13. The number of hydrogen-bond acceptors (Lipinski definition) is 4. The van der Waals surface area contributed by atoms with Crippen LogP contribution >= 0.6 is 0 Å². The second-order valence-corrected chi connectivity index (χ2v) is 7.03. The fourth-order valence-corrected chi connectivity index (χ4v) is 3.41. The normalized spacial score (nSPS) is 12.1. The first-order chi connectivity index (χ1) is 9.27. The number of nitrogens with two attached hydrogens (primary N) is 1. The van der Waals surface area contributed by atoms with Crippen LogP contribution in [0.3, 0.4) is 0 Å². The molecule has 0 saturated carbocycles. The lowest BCUT2D eigenvalue weighted by atomic mass is 10.1. The van der Waals surface area contributed by atoms with Crippen molar-refractivity contribution in [1.82, 2.24) is 9.62 Å². The Morgan fingerprint density at radius 3 is 2.45 bits per heavy atom. The van der Waals surface area contributed by atoms with E-state index in [0.717, 1.165) is 29.7 Å². The van der Waals surface area contributed by atoms with Gasteiger partial charge in [-0.1, -0.05) is 6.07 Å². The molecule has 6 heteroatoms. The van der Waals surface area contributed by atoms with Crippen molar-refractivity contribution in [3.05, 3.63) is 28.8 Å². The van der Waals surface area contributed by atoms with Gasteiger partial charge in [0.2, 0.25) is 10.0 Å². The van der Waals surface area contributed by atoms with E-state index in [1.165, 1.54) is 0 Å². The fraction of sp³-hybridized carbons (Fsp3) is 0.571. The Labute approximate surface area is 122 Å². The molecule has 0 aliphatic heterocycles. The van der Waals surface area contributed by atoms with Gasteiger partial charge in [0.1, 0.15) is 0 Å². The molecule has 20 heavy (non-hydrogen) atoms. The van der Waals surface area contributed by atoms with Crippen LogP contribution in [0.2, 0.25) is 0 Å². The minimum absolute atomic E-state index is 0.336. The molecule has 0 aliphatic rings. The SMILES string of the molecule is Cc1cc(CN)cc(S(=O)(=O)NCCCN(C)C)c1C. The van der Waals surface area contributed by atoms with Crippen LogP contribution in [0.1, 0.15) is 23.1 Å². The van der Waals surface area contributed by atoms with E-state index in [0.29, 0.717) is 18.0 Å². The monoisotopic (exact) mass is 299 g/mol. The van der Waals surface area contributed by atoms with Crippen LogP contribution in [0.5, 0.6) is 0 Å². The smallest absolute Gasteiger partial charge is 0.240 e. The standard InChI is InChI=1S/C14H25N3O2S/c1-11-8-13(10-15)9-14(12(11)2)20(18,19)16-6-5-7-17(3)4/h8-9,16H,5-7,10,15H2,1-4H3. The van der Waals surface area contributed by atoms with Gasteiger partial charge in [0, 0.05) is 13.1 Å². The van der Waals surface area contributed by atoms with E-state index in [1.54, 1.807) is 6.07 Å². The number of nitrogens with zero attached hydrogens (tertiary/aromatic N) is 1. The molecule has 5 nitrogen and oxygen atoms in total. The molecule has 0 fully saturated rings.